The van der Waals surface area contributed by atoms with Gasteiger partial charge < -0.3 is 14.5 Å². The second-order valence-electron chi connectivity index (χ2n) is 5.66. The van der Waals surface area contributed by atoms with Gasteiger partial charge in [-0.05, 0) is 62.4 Å². The maximum Gasteiger partial charge on any atom is 0.251 e. The normalized spacial score (nSPS) is 10.7. The van der Waals surface area contributed by atoms with Crippen molar-refractivity contribution < 1.29 is 4.79 Å². The molecule has 1 aromatic carbocycles. The van der Waals surface area contributed by atoms with Crippen molar-refractivity contribution in [2.75, 3.05) is 6.54 Å². The van der Waals surface area contributed by atoms with Crippen LogP contribution in [0.2, 0.25) is 0 Å². The minimum atomic E-state index is -0.0356. The van der Waals surface area contributed by atoms with Gasteiger partial charge in [0, 0.05) is 48.1 Å². The fourth-order valence-electron chi connectivity index (χ4n) is 2.73. The lowest BCUT2D eigenvalue weighted by Crippen LogP contribution is -2.27. The molecule has 0 aliphatic rings. The van der Waals surface area contributed by atoms with Crippen molar-refractivity contribution >= 4 is 5.91 Å². The molecule has 4 nitrogen and oxygen atoms in total. The zero-order valence-corrected chi connectivity index (χ0v) is 13.5. The molecule has 1 amide bonds. The first-order valence-electron chi connectivity index (χ1n) is 7.79. The number of nitrogens with one attached hydrogen (secondary N) is 1. The summed E-state index contributed by atoms with van der Waals surface area (Å²) in [7, 11) is 0. The van der Waals surface area contributed by atoms with Crippen LogP contribution in [0.3, 0.4) is 0 Å². The summed E-state index contributed by atoms with van der Waals surface area (Å²) >= 11 is 0. The van der Waals surface area contributed by atoms with Crippen molar-refractivity contribution in [3.8, 4) is 5.69 Å². The lowest BCUT2D eigenvalue weighted by molar-refractivity contribution is 0.0952. The van der Waals surface area contributed by atoms with Gasteiger partial charge in [-0.1, -0.05) is 0 Å². The van der Waals surface area contributed by atoms with E-state index in [0.717, 1.165) is 12.2 Å². The Balaban J connectivity index is 1.58. The van der Waals surface area contributed by atoms with E-state index in [1.54, 1.807) is 0 Å². The van der Waals surface area contributed by atoms with E-state index in [1.165, 1.54) is 11.4 Å². The zero-order valence-electron chi connectivity index (χ0n) is 13.5. The summed E-state index contributed by atoms with van der Waals surface area (Å²) in [5.41, 5.74) is 4.16. The van der Waals surface area contributed by atoms with Gasteiger partial charge in [0.25, 0.3) is 5.91 Å². The van der Waals surface area contributed by atoms with Crippen LogP contribution in [-0.2, 0) is 6.54 Å². The number of hydrogen-bond acceptors (Lipinski definition) is 1. The Hall–Kier alpha value is -2.75. The maximum absolute atomic E-state index is 12.2. The third-order valence-corrected chi connectivity index (χ3v) is 4.07. The molecular weight excluding hydrogens is 286 g/mol. The van der Waals surface area contributed by atoms with Gasteiger partial charge in [-0.2, -0.15) is 0 Å². The third kappa shape index (κ3) is 3.37. The van der Waals surface area contributed by atoms with Crippen LogP contribution in [0.15, 0.2) is 60.9 Å². The standard InChI is InChI=1S/C19H21N3O/c1-15-5-6-16(2)22(15)14-11-20-19(23)17-7-9-18(10-8-17)21-12-3-4-13-21/h3-10,12-13H,11,14H2,1-2H3,(H,20,23). The molecule has 0 aliphatic carbocycles. The summed E-state index contributed by atoms with van der Waals surface area (Å²) in [6.07, 6.45) is 3.97. The molecule has 0 atom stereocenters. The zero-order chi connectivity index (χ0) is 16.2. The molecule has 3 rings (SSSR count). The largest absolute Gasteiger partial charge is 0.350 e. The lowest BCUT2D eigenvalue weighted by Gasteiger charge is -2.11. The Morgan fingerprint density at radius 1 is 0.957 bits per heavy atom. The molecule has 0 aliphatic heterocycles. The predicted octanol–water partition coefficient (Wildman–Crippen LogP) is 3.33. The average molecular weight is 307 g/mol. The van der Waals surface area contributed by atoms with Crippen LogP contribution in [0.25, 0.3) is 5.69 Å². The van der Waals surface area contributed by atoms with E-state index in [9.17, 15) is 4.79 Å². The highest BCUT2D eigenvalue weighted by Crippen LogP contribution is 2.10. The van der Waals surface area contributed by atoms with Gasteiger partial charge >= 0.3 is 0 Å². The molecule has 0 unspecified atom stereocenters. The molecule has 118 valence electrons. The molecule has 1 N–H and O–H groups in total. The van der Waals surface area contributed by atoms with E-state index in [2.05, 4.69) is 35.9 Å². The number of nitrogens with zero attached hydrogens (tertiary/aromatic N) is 2. The fourth-order valence-corrected chi connectivity index (χ4v) is 2.73. The first-order valence-corrected chi connectivity index (χ1v) is 7.79. The summed E-state index contributed by atoms with van der Waals surface area (Å²) in [6, 6.07) is 15.8. The fraction of sp³-hybridized carbons (Fsp3) is 0.211. The first-order chi connectivity index (χ1) is 11.1. The molecule has 0 spiro atoms. The molecule has 2 aromatic heterocycles. The number of rotatable bonds is 5. The number of carbonyl (C=O) groups excluding carboxylic acids is 1. The second-order valence-corrected chi connectivity index (χ2v) is 5.66. The van der Waals surface area contributed by atoms with E-state index in [-0.39, 0.29) is 5.91 Å². The molecule has 0 saturated carbocycles. The smallest absolute Gasteiger partial charge is 0.251 e. The Labute approximate surface area is 136 Å². The van der Waals surface area contributed by atoms with Gasteiger partial charge in [0.05, 0.1) is 0 Å². The molecule has 0 radical (unpaired) electrons. The van der Waals surface area contributed by atoms with E-state index >= 15 is 0 Å². The van der Waals surface area contributed by atoms with Crippen LogP contribution < -0.4 is 5.32 Å². The Morgan fingerprint density at radius 2 is 1.57 bits per heavy atom. The van der Waals surface area contributed by atoms with Gasteiger partial charge in [-0.3, -0.25) is 4.79 Å². The van der Waals surface area contributed by atoms with E-state index in [4.69, 9.17) is 0 Å². The second kappa shape index (κ2) is 6.57. The van der Waals surface area contributed by atoms with Crippen molar-refractivity contribution in [2.24, 2.45) is 0 Å². The van der Waals surface area contributed by atoms with Crippen LogP contribution in [0.4, 0.5) is 0 Å². The minimum Gasteiger partial charge on any atom is -0.350 e. The summed E-state index contributed by atoms with van der Waals surface area (Å²) in [5, 5.41) is 2.98. The quantitative estimate of drug-likeness (QED) is 0.771. The monoisotopic (exact) mass is 307 g/mol. The van der Waals surface area contributed by atoms with Gasteiger partial charge in [-0.25, -0.2) is 0 Å². The van der Waals surface area contributed by atoms with Crippen LogP contribution in [-0.4, -0.2) is 21.6 Å². The van der Waals surface area contributed by atoms with Crippen LogP contribution in [0.1, 0.15) is 21.7 Å². The number of amides is 1. The first kappa shape index (κ1) is 15.2. The van der Waals surface area contributed by atoms with Crippen LogP contribution in [0, 0.1) is 13.8 Å². The number of hydrogen-bond donors (Lipinski definition) is 1. The molecule has 3 aromatic rings. The van der Waals surface area contributed by atoms with Crippen molar-refractivity contribution in [1.29, 1.82) is 0 Å². The number of benzene rings is 1. The van der Waals surface area contributed by atoms with Gasteiger partial charge in [0.1, 0.15) is 0 Å². The molecule has 0 bridgehead atoms. The van der Waals surface area contributed by atoms with Crippen LogP contribution in [0.5, 0.6) is 0 Å². The summed E-state index contributed by atoms with van der Waals surface area (Å²) < 4.78 is 4.22. The Bertz CT molecular complexity index is 763. The highest BCUT2D eigenvalue weighted by atomic mass is 16.1. The predicted molar refractivity (Wildman–Crippen MR) is 92.0 cm³/mol. The summed E-state index contributed by atoms with van der Waals surface area (Å²) in [5.74, 6) is -0.0356. The number of aryl methyl sites for hydroxylation is 2. The van der Waals surface area contributed by atoms with Gasteiger partial charge in [0.2, 0.25) is 0 Å². The minimum absolute atomic E-state index is 0.0356. The average Bonchev–Trinajstić information content (AvgIpc) is 3.20. The van der Waals surface area contributed by atoms with E-state index in [1.807, 2.05) is 53.4 Å². The Kier molecular flexibility index (Phi) is 4.33. The van der Waals surface area contributed by atoms with Gasteiger partial charge in [-0.15, -0.1) is 0 Å². The summed E-state index contributed by atoms with van der Waals surface area (Å²) in [4.78, 5) is 12.2. The van der Waals surface area contributed by atoms with Crippen LogP contribution >= 0.6 is 0 Å². The van der Waals surface area contributed by atoms with Crippen molar-refractivity contribution in [3.63, 3.8) is 0 Å². The van der Waals surface area contributed by atoms with Gasteiger partial charge in [0.15, 0.2) is 0 Å². The molecule has 0 fully saturated rings. The molecule has 2 heterocycles. The number of carbonyl (C=O) groups is 1. The van der Waals surface area contributed by atoms with Crippen molar-refractivity contribution in [3.05, 3.63) is 77.9 Å². The molecule has 0 saturated heterocycles. The lowest BCUT2D eigenvalue weighted by atomic mass is 10.2. The molecule has 23 heavy (non-hydrogen) atoms. The molecular formula is C19H21N3O. The van der Waals surface area contributed by atoms with Crippen molar-refractivity contribution in [1.82, 2.24) is 14.5 Å². The highest BCUT2D eigenvalue weighted by molar-refractivity contribution is 5.94. The SMILES string of the molecule is Cc1ccc(C)n1CCNC(=O)c1ccc(-n2cccc2)cc1. The topological polar surface area (TPSA) is 39.0 Å². The molecule has 4 heteroatoms. The highest BCUT2D eigenvalue weighted by Gasteiger charge is 2.06. The van der Waals surface area contributed by atoms with E-state index in [0.29, 0.717) is 12.1 Å². The van der Waals surface area contributed by atoms with Crippen molar-refractivity contribution in [2.45, 2.75) is 20.4 Å². The van der Waals surface area contributed by atoms with E-state index < -0.39 is 0 Å². The summed E-state index contributed by atoms with van der Waals surface area (Å²) in [6.45, 7) is 5.57. The third-order valence-electron chi connectivity index (χ3n) is 4.07. The maximum atomic E-state index is 12.2. The Morgan fingerprint density at radius 3 is 2.17 bits per heavy atom. The number of aromatic nitrogens is 2.